The number of benzene rings is 1. The summed E-state index contributed by atoms with van der Waals surface area (Å²) >= 11 is 0. The predicted molar refractivity (Wildman–Crippen MR) is 73.2 cm³/mol. The van der Waals surface area contributed by atoms with Gasteiger partial charge in [0.05, 0.1) is 12.2 Å². The number of hydrogen-bond acceptors (Lipinski definition) is 1. The van der Waals surface area contributed by atoms with E-state index in [0.717, 1.165) is 19.3 Å². The first-order valence-electron chi connectivity index (χ1n) is 6.78. The molecule has 1 nitrogen and oxygen atoms in total. The Labute approximate surface area is 114 Å². The third-order valence-corrected chi connectivity index (χ3v) is 2.96. The lowest BCUT2D eigenvalue weighted by atomic mass is 10.1. The van der Waals surface area contributed by atoms with Crippen LogP contribution in [0.1, 0.15) is 51.0 Å². The second-order valence-corrected chi connectivity index (χ2v) is 4.50. The molecule has 0 aliphatic rings. The van der Waals surface area contributed by atoms with Gasteiger partial charge in [0.15, 0.2) is 11.6 Å². The fraction of sp³-hybridized carbons (Fsp3) is 0.500. The van der Waals surface area contributed by atoms with Gasteiger partial charge in [-0.2, -0.15) is 4.39 Å². The van der Waals surface area contributed by atoms with Crippen LogP contribution in [0.5, 0.6) is 5.75 Å². The molecule has 0 bridgehead atoms. The molecule has 104 valence electrons. The van der Waals surface area contributed by atoms with Crippen molar-refractivity contribution >= 4 is 0 Å². The van der Waals surface area contributed by atoms with Crippen LogP contribution in [0.15, 0.2) is 12.1 Å². The zero-order chi connectivity index (χ0) is 14.1. The summed E-state index contributed by atoms with van der Waals surface area (Å²) in [7, 11) is 0. The molecule has 0 saturated carbocycles. The minimum atomic E-state index is -1.01. The van der Waals surface area contributed by atoms with Crippen molar-refractivity contribution in [1.29, 1.82) is 0 Å². The number of hydrogen-bond donors (Lipinski definition) is 0. The highest BCUT2D eigenvalue weighted by molar-refractivity contribution is 5.39. The maximum Gasteiger partial charge on any atom is 0.201 e. The molecule has 1 aromatic rings. The molecule has 0 fully saturated rings. The summed E-state index contributed by atoms with van der Waals surface area (Å²) in [4.78, 5) is 0. The number of halogens is 2. The number of unbranched alkanes of at least 4 members (excludes halogenated alkanes) is 5. The van der Waals surface area contributed by atoms with Crippen LogP contribution in [0.25, 0.3) is 0 Å². The van der Waals surface area contributed by atoms with Gasteiger partial charge in [-0.25, -0.2) is 4.39 Å². The van der Waals surface area contributed by atoms with Crippen LogP contribution in [0.4, 0.5) is 8.78 Å². The molecular formula is C16H20F2O. The van der Waals surface area contributed by atoms with Gasteiger partial charge in [0.1, 0.15) is 0 Å². The summed E-state index contributed by atoms with van der Waals surface area (Å²) < 4.78 is 32.1. The maximum atomic E-state index is 13.5. The lowest BCUT2D eigenvalue weighted by Gasteiger charge is -2.08. The fourth-order valence-electron chi connectivity index (χ4n) is 1.82. The third-order valence-electron chi connectivity index (χ3n) is 2.96. The van der Waals surface area contributed by atoms with Gasteiger partial charge in [0.25, 0.3) is 0 Å². The van der Waals surface area contributed by atoms with Gasteiger partial charge >= 0.3 is 0 Å². The second-order valence-electron chi connectivity index (χ2n) is 4.50. The molecule has 0 radical (unpaired) electrons. The highest BCUT2D eigenvalue weighted by atomic mass is 19.2. The van der Waals surface area contributed by atoms with Crippen molar-refractivity contribution in [3.63, 3.8) is 0 Å². The Kier molecular flexibility index (Phi) is 6.95. The lowest BCUT2D eigenvalue weighted by Crippen LogP contribution is -2.01. The second kappa shape index (κ2) is 8.53. The first-order valence-corrected chi connectivity index (χ1v) is 6.78. The molecule has 0 atom stereocenters. The number of rotatable bonds is 8. The Balaban J connectivity index is 2.34. The van der Waals surface area contributed by atoms with Gasteiger partial charge in [-0.1, -0.05) is 44.9 Å². The molecule has 0 aliphatic carbocycles. The first-order chi connectivity index (χ1) is 9.20. The van der Waals surface area contributed by atoms with Gasteiger partial charge in [-0.3, -0.25) is 0 Å². The van der Waals surface area contributed by atoms with Crippen LogP contribution in [-0.4, -0.2) is 6.61 Å². The van der Waals surface area contributed by atoms with E-state index < -0.39 is 11.6 Å². The Bertz CT molecular complexity index is 435. The summed E-state index contributed by atoms with van der Waals surface area (Å²) in [6, 6.07) is 2.74. The Hall–Kier alpha value is -1.56. The molecule has 0 heterocycles. The Morgan fingerprint density at radius 1 is 1.05 bits per heavy atom. The third kappa shape index (κ3) is 4.90. The molecule has 0 amide bonds. The molecule has 0 spiro atoms. The van der Waals surface area contributed by atoms with Gasteiger partial charge in [-0.05, 0) is 18.6 Å². The van der Waals surface area contributed by atoms with Crippen molar-refractivity contribution in [3.05, 3.63) is 29.3 Å². The molecule has 0 saturated heterocycles. The number of terminal acetylenes is 1. The van der Waals surface area contributed by atoms with Crippen LogP contribution >= 0.6 is 0 Å². The topological polar surface area (TPSA) is 9.23 Å². The average molecular weight is 266 g/mol. The van der Waals surface area contributed by atoms with Crippen molar-refractivity contribution in [1.82, 2.24) is 0 Å². The Morgan fingerprint density at radius 3 is 2.42 bits per heavy atom. The van der Waals surface area contributed by atoms with E-state index >= 15 is 0 Å². The van der Waals surface area contributed by atoms with Gasteiger partial charge < -0.3 is 4.74 Å². The van der Waals surface area contributed by atoms with E-state index in [1.807, 2.05) is 0 Å². The summed E-state index contributed by atoms with van der Waals surface area (Å²) in [6.07, 6.45) is 11.8. The van der Waals surface area contributed by atoms with Gasteiger partial charge in [-0.15, -0.1) is 6.42 Å². The largest absolute Gasteiger partial charge is 0.490 e. The molecule has 1 aromatic carbocycles. The van der Waals surface area contributed by atoms with Crippen LogP contribution in [0.2, 0.25) is 0 Å². The molecule has 3 heteroatoms. The average Bonchev–Trinajstić information content (AvgIpc) is 2.42. The van der Waals surface area contributed by atoms with Gasteiger partial charge in [0.2, 0.25) is 5.82 Å². The van der Waals surface area contributed by atoms with E-state index in [9.17, 15) is 8.78 Å². The predicted octanol–water partition coefficient (Wildman–Crippen LogP) is 4.69. The van der Waals surface area contributed by atoms with Crippen LogP contribution < -0.4 is 4.74 Å². The van der Waals surface area contributed by atoms with E-state index in [2.05, 4.69) is 12.8 Å². The first kappa shape index (κ1) is 15.5. The molecular weight excluding hydrogens is 246 g/mol. The standard InChI is InChI=1S/C16H20F2O/c1-3-5-6-7-8-9-12-19-14-11-10-13(4-2)15(17)16(14)18/h2,10-11H,3,5-9,12H2,1H3. The van der Waals surface area contributed by atoms with Crippen LogP contribution in [0, 0.1) is 24.0 Å². The molecule has 0 aliphatic heterocycles. The van der Waals surface area contributed by atoms with E-state index in [-0.39, 0.29) is 11.3 Å². The van der Waals surface area contributed by atoms with Crippen LogP contribution in [-0.2, 0) is 0 Å². The lowest BCUT2D eigenvalue weighted by molar-refractivity contribution is 0.284. The fourth-order valence-corrected chi connectivity index (χ4v) is 1.82. The number of ether oxygens (including phenoxy) is 1. The normalized spacial score (nSPS) is 10.2. The summed E-state index contributed by atoms with van der Waals surface area (Å²) in [5, 5.41) is 0. The summed E-state index contributed by atoms with van der Waals surface area (Å²) in [5.74, 6) is 0.0141. The molecule has 0 N–H and O–H groups in total. The zero-order valence-corrected chi connectivity index (χ0v) is 11.3. The van der Waals surface area contributed by atoms with Crippen molar-refractivity contribution in [2.75, 3.05) is 6.61 Å². The molecule has 1 rings (SSSR count). The molecule has 19 heavy (non-hydrogen) atoms. The minimum absolute atomic E-state index is 0.0648. The Morgan fingerprint density at radius 2 is 1.74 bits per heavy atom. The summed E-state index contributed by atoms with van der Waals surface area (Å²) in [5.41, 5.74) is -0.0792. The van der Waals surface area contributed by atoms with E-state index in [4.69, 9.17) is 11.2 Å². The molecule has 0 aromatic heterocycles. The highest BCUT2D eigenvalue weighted by Gasteiger charge is 2.12. The SMILES string of the molecule is C#Cc1ccc(OCCCCCCCC)c(F)c1F. The minimum Gasteiger partial charge on any atom is -0.490 e. The quantitative estimate of drug-likeness (QED) is 0.490. The summed E-state index contributed by atoms with van der Waals surface area (Å²) in [6.45, 7) is 2.57. The van der Waals surface area contributed by atoms with E-state index in [1.165, 1.54) is 31.4 Å². The monoisotopic (exact) mass is 266 g/mol. The highest BCUT2D eigenvalue weighted by Crippen LogP contribution is 2.22. The van der Waals surface area contributed by atoms with E-state index in [1.54, 1.807) is 0 Å². The van der Waals surface area contributed by atoms with E-state index in [0.29, 0.717) is 6.61 Å². The maximum absolute atomic E-state index is 13.5. The van der Waals surface area contributed by atoms with Crippen molar-refractivity contribution in [2.45, 2.75) is 45.4 Å². The molecule has 0 unspecified atom stereocenters. The van der Waals surface area contributed by atoms with Crippen molar-refractivity contribution in [2.24, 2.45) is 0 Å². The van der Waals surface area contributed by atoms with Gasteiger partial charge in [0, 0.05) is 0 Å². The van der Waals surface area contributed by atoms with Crippen molar-refractivity contribution in [3.8, 4) is 18.1 Å². The van der Waals surface area contributed by atoms with Crippen LogP contribution in [0.3, 0.4) is 0 Å². The zero-order valence-electron chi connectivity index (χ0n) is 11.3. The smallest absolute Gasteiger partial charge is 0.201 e. The van der Waals surface area contributed by atoms with Crippen molar-refractivity contribution < 1.29 is 13.5 Å².